The highest BCUT2D eigenvalue weighted by Gasteiger charge is 2.19. The van der Waals surface area contributed by atoms with Crippen molar-refractivity contribution in [3.63, 3.8) is 0 Å². The number of rotatable bonds is 2. The molecular weight excluding hydrogens is 300 g/mol. The lowest BCUT2D eigenvalue weighted by Gasteiger charge is -2.15. The highest BCUT2D eigenvalue weighted by molar-refractivity contribution is 5.86. The lowest BCUT2D eigenvalue weighted by atomic mass is 9.96. The molecule has 0 saturated heterocycles. The lowest BCUT2D eigenvalue weighted by molar-refractivity contribution is 0.545. The Morgan fingerprint density at radius 2 is 1.92 bits per heavy atom. The van der Waals surface area contributed by atoms with E-state index < -0.39 is 0 Å². The highest BCUT2D eigenvalue weighted by atomic mass is 15.3. The number of allylic oxidation sites excluding steroid dienone is 1. The van der Waals surface area contributed by atoms with Crippen molar-refractivity contribution in [3.05, 3.63) is 35.4 Å². The third-order valence-electron chi connectivity index (χ3n) is 4.12. The van der Waals surface area contributed by atoms with Gasteiger partial charge in [-0.25, -0.2) is 9.97 Å². The van der Waals surface area contributed by atoms with Crippen LogP contribution in [0.3, 0.4) is 0 Å². The zero-order valence-electron chi connectivity index (χ0n) is 14.5. The molecular formula is C18H22N6. The molecule has 24 heavy (non-hydrogen) atoms. The molecule has 3 heterocycles. The van der Waals surface area contributed by atoms with Gasteiger partial charge < -0.3 is 4.57 Å². The van der Waals surface area contributed by atoms with Crippen molar-refractivity contribution in [1.29, 1.82) is 5.26 Å². The Balaban J connectivity index is 1.93. The molecule has 1 aliphatic heterocycles. The quantitative estimate of drug-likeness (QED) is 0.793. The van der Waals surface area contributed by atoms with Gasteiger partial charge in [-0.05, 0) is 18.9 Å². The summed E-state index contributed by atoms with van der Waals surface area (Å²) in [7, 11) is 0. The summed E-state index contributed by atoms with van der Waals surface area (Å²) >= 11 is 0. The Labute approximate surface area is 142 Å². The number of nitrogens with zero attached hydrogens (tertiary/aromatic N) is 6. The monoisotopic (exact) mass is 322 g/mol. The van der Waals surface area contributed by atoms with Crippen LogP contribution in [0, 0.1) is 11.3 Å². The average molecular weight is 322 g/mol. The maximum absolute atomic E-state index is 9.57. The number of nitriles is 1. The Hall–Kier alpha value is -2.55. The standard InChI is InChI=1S/C18H22N6/c1-18(2,3)17-20-11-13(12-21-17)9-14(10-19)16-23-22-15-7-5-4-6-8-24(15)16/h9,11-12H,4-8H2,1-3H3/b14-9+. The van der Waals surface area contributed by atoms with Crippen LogP contribution in [0.25, 0.3) is 11.6 Å². The molecule has 1 aliphatic rings. The fraction of sp³-hybridized carbons (Fsp3) is 0.500. The van der Waals surface area contributed by atoms with Crippen LogP contribution in [0.4, 0.5) is 0 Å². The van der Waals surface area contributed by atoms with Gasteiger partial charge in [0.05, 0.1) is 5.57 Å². The summed E-state index contributed by atoms with van der Waals surface area (Å²) in [5.74, 6) is 2.41. The number of aryl methyl sites for hydroxylation is 1. The summed E-state index contributed by atoms with van der Waals surface area (Å²) in [4.78, 5) is 8.83. The molecule has 6 heteroatoms. The second-order valence-electron chi connectivity index (χ2n) is 7.16. The molecule has 0 radical (unpaired) electrons. The van der Waals surface area contributed by atoms with E-state index in [1.165, 1.54) is 6.42 Å². The predicted octanol–water partition coefficient (Wildman–Crippen LogP) is 3.16. The van der Waals surface area contributed by atoms with Crippen molar-refractivity contribution in [3.8, 4) is 6.07 Å². The van der Waals surface area contributed by atoms with E-state index >= 15 is 0 Å². The van der Waals surface area contributed by atoms with Gasteiger partial charge >= 0.3 is 0 Å². The Kier molecular flexibility index (Phi) is 4.43. The van der Waals surface area contributed by atoms with Crippen molar-refractivity contribution >= 4 is 11.6 Å². The van der Waals surface area contributed by atoms with Gasteiger partial charge in [-0.2, -0.15) is 5.26 Å². The van der Waals surface area contributed by atoms with Crippen molar-refractivity contribution in [1.82, 2.24) is 24.7 Å². The van der Waals surface area contributed by atoms with Crippen LogP contribution in [-0.4, -0.2) is 24.7 Å². The van der Waals surface area contributed by atoms with E-state index in [0.717, 1.165) is 43.0 Å². The Morgan fingerprint density at radius 1 is 1.17 bits per heavy atom. The molecule has 0 unspecified atom stereocenters. The normalized spacial score (nSPS) is 15.5. The van der Waals surface area contributed by atoms with E-state index in [9.17, 15) is 5.26 Å². The predicted molar refractivity (Wildman–Crippen MR) is 91.8 cm³/mol. The minimum Gasteiger partial charge on any atom is -0.310 e. The van der Waals surface area contributed by atoms with Gasteiger partial charge in [0.2, 0.25) is 0 Å². The van der Waals surface area contributed by atoms with Crippen LogP contribution in [0.5, 0.6) is 0 Å². The summed E-state index contributed by atoms with van der Waals surface area (Å²) < 4.78 is 2.08. The highest BCUT2D eigenvalue weighted by Crippen LogP contribution is 2.22. The van der Waals surface area contributed by atoms with Crippen molar-refractivity contribution in [2.24, 2.45) is 0 Å². The number of fused-ring (bicyclic) bond motifs is 1. The van der Waals surface area contributed by atoms with Gasteiger partial charge in [-0.3, -0.25) is 0 Å². The molecule has 0 saturated carbocycles. The van der Waals surface area contributed by atoms with E-state index in [2.05, 4.69) is 51.6 Å². The molecule has 0 N–H and O–H groups in total. The van der Waals surface area contributed by atoms with Gasteiger partial charge in [-0.1, -0.05) is 27.2 Å². The first kappa shape index (κ1) is 16.3. The second kappa shape index (κ2) is 6.52. The summed E-state index contributed by atoms with van der Waals surface area (Å²) in [5, 5.41) is 18.1. The molecule has 124 valence electrons. The first-order valence-corrected chi connectivity index (χ1v) is 8.36. The third kappa shape index (κ3) is 3.35. The summed E-state index contributed by atoms with van der Waals surface area (Å²) in [6.45, 7) is 7.09. The third-order valence-corrected chi connectivity index (χ3v) is 4.12. The molecule has 0 aromatic carbocycles. The van der Waals surface area contributed by atoms with Crippen molar-refractivity contribution in [2.45, 2.75) is 58.4 Å². The van der Waals surface area contributed by atoms with Crippen LogP contribution in [0.1, 0.15) is 63.1 Å². The fourth-order valence-electron chi connectivity index (χ4n) is 2.80. The van der Waals surface area contributed by atoms with E-state index in [0.29, 0.717) is 11.4 Å². The maximum Gasteiger partial charge on any atom is 0.174 e. The minimum atomic E-state index is -0.0926. The summed E-state index contributed by atoms with van der Waals surface area (Å²) in [5.41, 5.74) is 1.21. The smallest absolute Gasteiger partial charge is 0.174 e. The molecule has 3 rings (SSSR count). The van der Waals surface area contributed by atoms with E-state index in [-0.39, 0.29) is 5.41 Å². The largest absolute Gasteiger partial charge is 0.310 e. The van der Waals surface area contributed by atoms with Crippen LogP contribution in [-0.2, 0) is 18.4 Å². The van der Waals surface area contributed by atoms with Crippen LogP contribution in [0.15, 0.2) is 12.4 Å². The number of aromatic nitrogens is 5. The molecule has 2 aromatic heterocycles. The molecule has 0 spiro atoms. The molecule has 0 aliphatic carbocycles. The summed E-state index contributed by atoms with van der Waals surface area (Å²) in [6.07, 6.45) is 9.64. The average Bonchev–Trinajstić information content (AvgIpc) is 2.80. The first-order valence-electron chi connectivity index (χ1n) is 8.36. The van der Waals surface area contributed by atoms with Gasteiger partial charge in [-0.15, -0.1) is 10.2 Å². The Bertz CT molecular complexity index is 786. The van der Waals surface area contributed by atoms with Gasteiger partial charge in [0.25, 0.3) is 0 Å². The van der Waals surface area contributed by atoms with Gasteiger partial charge in [0.15, 0.2) is 5.82 Å². The zero-order valence-corrected chi connectivity index (χ0v) is 14.5. The van der Waals surface area contributed by atoms with Crippen LogP contribution in [0.2, 0.25) is 0 Å². The van der Waals surface area contributed by atoms with Gasteiger partial charge in [0.1, 0.15) is 17.7 Å². The summed E-state index contributed by atoms with van der Waals surface area (Å²) in [6, 6.07) is 2.25. The SMILES string of the molecule is CC(C)(C)c1ncc(/C=C(\C#N)c2nnc3n2CCCCC3)cn1. The second-order valence-corrected chi connectivity index (χ2v) is 7.16. The molecule has 0 amide bonds. The van der Waals surface area contributed by atoms with Crippen molar-refractivity contribution < 1.29 is 0 Å². The van der Waals surface area contributed by atoms with Crippen molar-refractivity contribution in [2.75, 3.05) is 0 Å². The number of hydrogen-bond acceptors (Lipinski definition) is 5. The molecule has 2 aromatic rings. The molecule has 0 fully saturated rings. The fourth-order valence-corrected chi connectivity index (χ4v) is 2.80. The molecule has 0 atom stereocenters. The van der Waals surface area contributed by atoms with Crippen LogP contribution < -0.4 is 0 Å². The first-order chi connectivity index (χ1) is 11.5. The maximum atomic E-state index is 9.57. The Morgan fingerprint density at radius 3 is 2.58 bits per heavy atom. The topological polar surface area (TPSA) is 80.3 Å². The molecule has 6 nitrogen and oxygen atoms in total. The minimum absolute atomic E-state index is 0.0926. The van der Waals surface area contributed by atoms with E-state index in [4.69, 9.17) is 0 Å². The van der Waals surface area contributed by atoms with Crippen LogP contribution >= 0.6 is 0 Å². The van der Waals surface area contributed by atoms with E-state index in [1.807, 2.05) is 0 Å². The van der Waals surface area contributed by atoms with E-state index in [1.54, 1.807) is 18.5 Å². The number of hydrogen-bond donors (Lipinski definition) is 0. The lowest BCUT2D eigenvalue weighted by Crippen LogP contribution is -2.15. The zero-order chi connectivity index (χ0) is 17.2. The molecule has 0 bridgehead atoms. The van der Waals surface area contributed by atoms with Gasteiger partial charge in [0, 0.05) is 36.3 Å².